The van der Waals surface area contributed by atoms with Crippen LogP contribution in [-0.2, 0) is 14.3 Å². The topological polar surface area (TPSA) is 35.5 Å². The van der Waals surface area contributed by atoms with E-state index in [1.807, 2.05) is 0 Å². The Bertz CT molecular complexity index is 221. The van der Waals surface area contributed by atoms with Crippen molar-refractivity contribution in [2.75, 3.05) is 13.7 Å². The molecule has 0 saturated carbocycles. The fourth-order valence-electron chi connectivity index (χ4n) is 1.64. The number of hydrogen-bond acceptors (Lipinski definition) is 3. The average Bonchev–Trinajstić information content (AvgIpc) is 2.47. The molecule has 0 aromatic rings. The normalized spacial score (nSPS) is 16.7. The maximum absolute atomic E-state index is 11.4. The summed E-state index contributed by atoms with van der Waals surface area (Å²) in [6.07, 6.45) is 8.79. The van der Waals surface area contributed by atoms with E-state index in [1.165, 1.54) is 12.8 Å². The van der Waals surface area contributed by atoms with Crippen molar-refractivity contribution in [3.8, 4) is 0 Å². The molecule has 15 heavy (non-hydrogen) atoms. The molecule has 0 saturated heterocycles. The molecule has 0 aromatic carbocycles. The number of allylic oxidation sites excluding steroid dienone is 2. The third-order valence-corrected chi connectivity index (χ3v) is 2.47. The van der Waals surface area contributed by atoms with Crippen LogP contribution in [0.4, 0.5) is 0 Å². The van der Waals surface area contributed by atoms with Gasteiger partial charge in [-0.1, -0.05) is 6.42 Å². The summed E-state index contributed by atoms with van der Waals surface area (Å²) in [5, 5.41) is 0. The molecule has 1 aliphatic carbocycles. The molecule has 0 amide bonds. The molecule has 0 spiro atoms. The first-order chi connectivity index (χ1) is 7.33. The van der Waals surface area contributed by atoms with Crippen molar-refractivity contribution in [2.45, 2.75) is 44.9 Å². The second-order valence-electron chi connectivity index (χ2n) is 3.84. The molecule has 0 N–H and O–H groups in total. The number of ether oxygens (including phenoxy) is 2. The molecule has 3 heteroatoms. The van der Waals surface area contributed by atoms with Gasteiger partial charge in [0.1, 0.15) is 5.76 Å². The zero-order valence-electron chi connectivity index (χ0n) is 9.46. The second kappa shape index (κ2) is 7.46. The number of esters is 1. The third kappa shape index (κ3) is 5.57. The van der Waals surface area contributed by atoms with Crippen LogP contribution in [0, 0.1) is 0 Å². The highest BCUT2D eigenvalue weighted by molar-refractivity contribution is 5.70. The molecule has 86 valence electrons. The third-order valence-electron chi connectivity index (χ3n) is 2.47. The van der Waals surface area contributed by atoms with E-state index in [0.717, 1.165) is 31.4 Å². The Labute approximate surface area is 91.4 Å². The highest BCUT2D eigenvalue weighted by Gasteiger charge is 2.08. The van der Waals surface area contributed by atoms with E-state index in [9.17, 15) is 4.79 Å². The van der Waals surface area contributed by atoms with Crippen molar-refractivity contribution in [1.29, 1.82) is 0 Å². The molecule has 0 aliphatic heterocycles. The van der Waals surface area contributed by atoms with Crippen LogP contribution in [-0.4, -0.2) is 19.7 Å². The van der Waals surface area contributed by atoms with Crippen LogP contribution < -0.4 is 0 Å². The van der Waals surface area contributed by atoms with Crippen LogP contribution in [0.3, 0.4) is 0 Å². The van der Waals surface area contributed by atoms with Crippen LogP contribution in [0.5, 0.6) is 0 Å². The Morgan fingerprint density at radius 2 is 2.27 bits per heavy atom. The van der Waals surface area contributed by atoms with Crippen LogP contribution in [0.2, 0.25) is 0 Å². The largest absolute Gasteiger partial charge is 0.431 e. The molecule has 0 atom stereocenters. The summed E-state index contributed by atoms with van der Waals surface area (Å²) < 4.78 is 10.2. The number of hydrogen-bond donors (Lipinski definition) is 0. The van der Waals surface area contributed by atoms with Gasteiger partial charge in [-0.05, 0) is 31.8 Å². The van der Waals surface area contributed by atoms with Gasteiger partial charge in [-0.3, -0.25) is 4.79 Å². The van der Waals surface area contributed by atoms with E-state index in [0.29, 0.717) is 13.0 Å². The summed E-state index contributed by atoms with van der Waals surface area (Å²) in [6, 6.07) is 0. The van der Waals surface area contributed by atoms with Crippen molar-refractivity contribution in [3.63, 3.8) is 0 Å². The van der Waals surface area contributed by atoms with Crippen LogP contribution in [0.15, 0.2) is 11.8 Å². The Morgan fingerprint density at radius 1 is 1.40 bits per heavy atom. The fourth-order valence-corrected chi connectivity index (χ4v) is 1.64. The van der Waals surface area contributed by atoms with Gasteiger partial charge in [0.05, 0.1) is 0 Å². The van der Waals surface area contributed by atoms with Gasteiger partial charge in [-0.15, -0.1) is 0 Å². The smallest absolute Gasteiger partial charge is 0.310 e. The lowest BCUT2D eigenvalue weighted by Gasteiger charge is -2.06. The minimum atomic E-state index is -0.125. The first-order valence-electron chi connectivity index (χ1n) is 5.71. The van der Waals surface area contributed by atoms with Gasteiger partial charge >= 0.3 is 5.97 Å². The molecule has 1 aliphatic rings. The van der Waals surface area contributed by atoms with E-state index in [2.05, 4.69) is 6.08 Å². The van der Waals surface area contributed by atoms with Crippen molar-refractivity contribution in [2.24, 2.45) is 0 Å². The summed E-state index contributed by atoms with van der Waals surface area (Å²) in [7, 11) is 1.64. The quantitative estimate of drug-likeness (QED) is 0.519. The maximum Gasteiger partial charge on any atom is 0.310 e. The van der Waals surface area contributed by atoms with Crippen molar-refractivity contribution in [1.82, 2.24) is 0 Å². The summed E-state index contributed by atoms with van der Waals surface area (Å²) in [5.74, 6) is 0.745. The number of carbonyl (C=O) groups excluding carboxylic acids is 1. The second-order valence-corrected chi connectivity index (χ2v) is 3.84. The lowest BCUT2D eigenvalue weighted by Crippen LogP contribution is -2.05. The van der Waals surface area contributed by atoms with Gasteiger partial charge in [0, 0.05) is 26.6 Å². The van der Waals surface area contributed by atoms with E-state index in [4.69, 9.17) is 9.47 Å². The zero-order chi connectivity index (χ0) is 10.9. The number of methoxy groups -OCH3 is 1. The van der Waals surface area contributed by atoms with Crippen molar-refractivity contribution < 1.29 is 14.3 Å². The summed E-state index contributed by atoms with van der Waals surface area (Å²) in [6.45, 7) is 0.619. The molecule has 0 bridgehead atoms. The maximum atomic E-state index is 11.4. The Morgan fingerprint density at radius 3 is 3.07 bits per heavy atom. The van der Waals surface area contributed by atoms with Gasteiger partial charge in [0.25, 0.3) is 0 Å². The van der Waals surface area contributed by atoms with E-state index < -0.39 is 0 Å². The minimum Gasteiger partial charge on any atom is -0.431 e. The first kappa shape index (κ1) is 12.2. The van der Waals surface area contributed by atoms with Gasteiger partial charge in [0.2, 0.25) is 0 Å². The standard InChI is InChI=1S/C12H20O3/c1-14-10-6-9-12(13)15-11-7-4-2-3-5-8-11/h7H,2-6,8-10H2,1H3. The Hall–Kier alpha value is -0.830. The zero-order valence-corrected chi connectivity index (χ0v) is 9.46. The van der Waals surface area contributed by atoms with E-state index >= 15 is 0 Å². The first-order valence-corrected chi connectivity index (χ1v) is 5.71. The Balaban J connectivity index is 2.20. The SMILES string of the molecule is COCCCC(=O)OC1=CCCCCC1. The number of carbonyl (C=O) groups is 1. The van der Waals surface area contributed by atoms with E-state index in [-0.39, 0.29) is 5.97 Å². The average molecular weight is 212 g/mol. The Kier molecular flexibility index (Phi) is 6.09. The molecule has 0 heterocycles. The lowest BCUT2D eigenvalue weighted by molar-refractivity contribution is -0.140. The van der Waals surface area contributed by atoms with Crippen LogP contribution >= 0.6 is 0 Å². The number of rotatable bonds is 5. The van der Waals surface area contributed by atoms with Crippen LogP contribution in [0.1, 0.15) is 44.9 Å². The molecule has 3 nitrogen and oxygen atoms in total. The van der Waals surface area contributed by atoms with Gasteiger partial charge in [-0.2, -0.15) is 0 Å². The predicted molar refractivity (Wildman–Crippen MR) is 58.4 cm³/mol. The molecule has 0 fully saturated rings. The van der Waals surface area contributed by atoms with Crippen LogP contribution in [0.25, 0.3) is 0 Å². The molecular formula is C12H20O3. The summed E-state index contributed by atoms with van der Waals surface area (Å²) >= 11 is 0. The molecule has 0 radical (unpaired) electrons. The molecule has 0 aromatic heterocycles. The summed E-state index contributed by atoms with van der Waals surface area (Å²) in [4.78, 5) is 11.4. The predicted octanol–water partition coefficient (Wildman–Crippen LogP) is 2.80. The van der Waals surface area contributed by atoms with Crippen molar-refractivity contribution >= 4 is 5.97 Å². The summed E-state index contributed by atoms with van der Waals surface area (Å²) in [5.41, 5.74) is 0. The molecule has 0 unspecified atom stereocenters. The fraction of sp³-hybridized carbons (Fsp3) is 0.750. The highest BCUT2D eigenvalue weighted by atomic mass is 16.5. The molecule has 1 rings (SSSR count). The monoisotopic (exact) mass is 212 g/mol. The van der Waals surface area contributed by atoms with Gasteiger partial charge in [0.15, 0.2) is 0 Å². The molecular weight excluding hydrogens is 192 g/mol. The lowest BCUT2D eigenvalue weighted by atomic mass is 10.2. The van der Waals surface area contributed by atoms with Gasteiger partial charge in [-0.25, -0.2) is 0 Å². The van der Waals surface area contributed by atoms with Gasteiger partial charge < -0.3 is 9.47 Å². The van der Waals surface area contributed by atoms with Crippen molar-refractivity contribution in [3.05, 3.63) is 11.8 Å². The van der Waals surface area contributed by atoms with E-state index in [1.54, 1.807) is 7.11 Å². The minimum absolute atomic E-state index is 0.125. The highest BCUT2D eigenvalue weighted by Crippen LogP contribution is 2.18.